The first-order valence-corrected chi connectivity index (χ1v) is 7.94. The van der Waals surface area contributed by atoms with Crippen LogP contribution in [0.4, 0.5) is 16.2 Å². The molecule has 0 saturated heterocycles. The van der Waals surface area contributed by atoms with Crippen LogP contribution in [0.15, 0.2) is 57.5 Å². The first-order chi connectivity index (χ1) is 10.1. The quantitative estimate of drug-likeness (QED) is 0.699. The fraction of sp³-hybridized carbons (Fsp3) is 0.133. The number of anilines is 2. The van der Waals surface area contributed by atoms with Crippen LogP contribution in [0.3, 0.4) is 0 Å². The SMILES string of the molecule is CCON(C(=O)Nc1ccc(Br)cc1)c1ccc(Br)cc1. The lowest BCUT2D eigenvalue weighted by molar-refractivity contribution is 0.132. The largest absolute Gasteiger partial charge is 0.350 e. The first kappa shape index (κ1) is 16.0. The summed E-state index contributed by atoms with van der Waals surface area (Å²) >= 11 is 6.72. The molecule has 0 atom stereocenters. The van der Waals surface area contributed by atoms with E-state index in [1.807, 2.05) is 43.3 Å². The second-order valence-electron chi connectivity index (χ2n) is 4.13. The number of carbonyl (C=O) groups is 1. The number of carbonyl (C=O) groups excluding carboxylic acids is 1. The van der Waals surface area contributed by atoms with Crippen LogP contribution in [0.5, 0.6) is 0 Å². The van der Waals surface area contributed by atoms with E-state index in [1.54, 1.807) is 12.1 Å². The second kappa shape index (κ2) is 7.59. The predicted octanol–water partition coefficient (Wildman–Crippen LogP) is 5.20. The third-order valence-electron chi connectivity index (χ3n) is 2.60. The van der Waals surface area contributed by atoms with Crippen LogP contribution in [0.1, 0.15) is 6.92 Å². The third-order valence-corrected chi connectivity index (χ3v) is 3.66. The molecule has 6 heteroatoms. The van der Waals surface area contributed by atoms with Crippen molar-refractivity contribution in [1.82, 2.24) is 0 Å². The number of nitrogens with one attached hydrogen (secondary N) is 1. The smallest absolute Gasteiger partial charge is 0.306 e. The monoisotopic (exact) mass is 412 g/mol. The molecule has 2 amide bonds. The highest BCUT2D eigenvalue weighted by molar-refractivity contribution is 9.10. The molecule has 2 aromatic rings. The van der Waals surface area contributed by atoms with Crippen molar-refractivity contribution in [3.8, 4) is 0 Å². The number of nitrogens with zero attached hydrogens (tertiary/aromatic N) is 1. The molecular formula is C15H14Br2N2O2. The average Bonchev–Trinajstić information content (AvgIpc) is 2.48. The van der Waals surface area contributed by atoms with Crippen molar-refractivity contribution in [1.29, 1.82) is 0 Å². The van der Waals surface area contributed by atoms with Gasteiger partial charge in [-0.1, -0.05) is 31.9 Å². The standard InChI is InChI=1S/C15H14Br2N2O2/c1-2-21-19(14-9-5-12(17)6-10-14)15(20)18-13-7-3-11(16)4-8-13/h3-10H,2H2,1H3,(H,18,20). The van der Waals surface area contributed by atoms with Gasteiger partial charge in [-0.25, -0.2) is 4.79 Å². The molecule has 1 N–H and O–H groups in total. The Hall–Kier alpha value is -1.37. The van der Waals surface area contributed by atoms with Crippen molar-refractivity contribution in [2.24, 2.45) is 0 Å². The second-order valence-corrected chi connectivity index (χ2v) is 5.96. The molecule has 0 aromatic heterocycles. The lowest BCUT2D eigenvalue weighted by Gasteiger charge is -2.21. The minimum atomic E-state index is -0.346. The van der Waals surface area contributed by atoms with E-state index in [-0.39, 0.29) is 6.03 Å². The van der Waals surface area contributed by atoms with Crippen molar-refractivity contribution >= 4 is 49.3 Å². The molecule has 0 radical (unpaired) electrons. The number of amides is 2. The molecule has 0 spiro atoms. The number of hydrogen-bond donors (Lipinski definition) is 1. The van der Waals surface area contributed by atoms with Gasteiger partial charge in [0, 0.05) is 14.6 Å². The lowest BCUT2D eigenvalue weighted by Crippen LogP contribution is -2.35. The number of rotatable bonds is 4. The lowest BCUT2D eigenvalue weighted by atomic mass is 10.3. The molecule has 2 rings (SSSR count). The molecule has 21 heavy (non-hydrogen) atoms. The van der Waals surface area contributed by atoms with Gasteiger partial charge < -0.3 is 5.32 Å². The highest BCUT2D eigenvalue weighted by atomic mass is 79.9. The maximum Gasteiger partial charge on any atom is 0.350 e. The predicted molar refractivity (Wildman–Crippen MR) is 91.4 cm³/mol. The highest BCUT2D eigenvalue weighted by Gasteiger charge is 2.16. The van der Waals surface area contributed by atoms with Gasteiger partial charge in [-0.15, -0.1) is 0 Å². The van der Waals surface area contributed by atoms with Gasteiger partial charge in [0.05, 0.1) is 12.3 Å². The van der Waals surface area contributed by atoms with Crippen molar-refractivity contribution in [3.05, 3.63) is 57.5 Å². The number of hydrogen-bond acceptors (Lipinski definition) is 2. The summed E-state index contributed by atoms with van der Waals surface area (Å²) in [6, 6.07) is 14.3. The number of benzene rings is 2. The highest BCUT2D eigenvalue weighted by Crippen LogP contribution is 2.20. The molecule has 0 heterocycles. The summed E-state index contributed by atoms with van der Waals surface area (Å²) in [7, 11) is 0. The van der Waals surface area contributed by atoms with E-state index in [0.717, 1.165) is 8.95 Å². The maximum absolute atomic E-state index is 12.3. The molecule has 0 aliphatic heterocycles. The van der Waals surface area contributed by atoms with E-state index in [1.165, 1.54) is 5.06 Å². The molecule has 0 bridgehead atoms. The Morgan fingerprint density at radius 1 is 1.05 bits per heavy atom. The van der Waals surface area contributed by atoms with E-state index in [9.17, 15) is 4.79 Å². The van der Waals surface area contributed by atoms with Gasteiger partial charge in [0.2, 0.25) is 0 Å². The topological polar surface area (TPSA) is 41.6 Å². The summed E-state index contributed by atoms with van der Waals surface area (Å²) in [5, 5.41) is 4.04. The van der Waals surface area contributed by atoms with Crippen LogP contribution in [-0.4, -0.2) is 12.6 Å². The molecule has 0 unspecified atom stereocenters. The van der Waals surface area contributed by atoms with E-state index in [2.05, 4.69) is 37.2 Å². The van der Waals surface area contributed by atoms with Crippen molar-refractivity contribution in [2.45, 2.75) is 6.92 Å². The minimum absolute atomic E-state index is 0.346. The normalized spacial score (nSPS) is 10.2. The zero-order chi connectivity index (χ0) is 15.2. The number of hydroxylamine groups is 1. The summed E-state index contributed by atoms with van der Waals surface area (Å²) < 4.78 is 1.89. The van der Waals surface area contributed by atoms with Gasteiger partial charge in [0.15, 0.2) is 0 Å². The summed E-state index contributed by atoms with van der Waals surface area (Å²) in [6.07, 6.45) is 0. The zero-order valence-electron chi connectivity index (χ0n) is 11.3. The van der Waals surface area contributed by atoms with Gasteiger partial charge in [-0.05, 0) is 55.5 Å². The molecular weight excluding hydrogens is 400 g/mol. The van der Waals surface area contributed by atoms with Crippen LogP contribution >= 0.6 is 31.9 Å². The van der Waals surface area contributed by atoms with Crippen LogP contribution in [0, 0.1) is 0 Å². The molecule has 4 nitrogen and oxygen atoms in total. The Balaban J connectivity index is 2.15. The minimum Gasteiger partial charge on any atom is -0.306 e. The summed E-state index contributed by atoms with van der Waals surface area (Å²) in [6.45, 7) is 2.22. The van der Waals surface area contributed by atoms with Gasteiger partial charge >= 0.3 is 6.03 Å². The Bertz CT molecular complexity index is 600. The summed E-state index contributed by atoms with van der Waals surface area (Å²) in [5.74, 6) is 0. The average molecular weight is 414 g/mol. The van der Waals surface area contributed by atoms with Gasteiger partial charge in [-0.2, -0.15) is 5.06 Å². The Kier molecular flexibility index (Phi) is 5.78. The van der Waals surface area contributed by atoms with E-state index >= 15 is 0 Å². The number of urea groups is 1. The van der Waals surface area contributed by atoms with Crippen LogP contribution in [0.2, 0.25) is 0 Å². The molecule has 0 fully saturated rings. The van der Waals surface area contributed by atoms with E-state index in [0.29, 0.717) is 18.0 Å². The summed E-state index contributed by atoms with van der Waals surface area (Å²) in [4.78, 5) is 17.8. The fourth-order valence-corrected chi connectivity index (χ4v) is 2.19. The first-order valence-electron chi connectivity index (χ1n) is 6.35. The van der Waals surface area contributed by atoms with Crippen molar-refractivity contribution in [2.75, 3.05) is 17.0 Å². The molecule has 0 aliphatic carbocycles. The van der Waals surface area contributed by atoms with Crippen LogP contribution in [-0.2, 0) is 4.84 Å². The zero-order valence-corrected chi connectivity index (χ0v) is 14.5. The van der Waals surface area contributed by atoms with Crippen molar-refractivity contribution < 1.29 is 9.63 Å². The number of halogens is 2. The Morgan fingerprint density at radius 3 is 2.10 bits per heavy atom. The third kappa shape index (κ3) is 4.56. The van der Waals surface area contributed by atoms with Gasteiger partial charge in [-0.3, -0.25) is 4.84 Å². The van der Waals surface area contributed by atoms with E-state index < -0.39 is 0 Å². The van der Waals surface area contributed by atoms with E-state index in [4.69, 9.17) is 4.84 Å². The molecule has 110 valence electrons. The Labute approximate surface area is 140 Å². The van der Waals surface area contributed by atoms with Gasteiger partial charge in [0.1, 0.15) is 0 Å². The van der Waals surface area contributed by atoms with Gasteiger partial charge in [0.25, 0.3) is 0 Å². The molecule has 2 aromatic carbocycles. The summed E-state index contributed by atoms with van der Waals surface area (Å²) in [5.41, 5.74) is 1.36. The van der Waals surface area contributed by atoms with Crippen molar-refractivity contribution in [3.63, 3.8) is 0 Å². The molecule has 0 aliphatic rings. The fourth-order valence-electron chi connectivity index (χ4n) is 1.66. The van der Waals surface area contributed by atoms with Crippen LogP contribution < -0.4 is 10.4 Å². The van der Waals surface area contributed by atoms with Crippen LogP contribution in [0.25, 0.3) is 0 Å². The molecule has 0 saturated carbocycles. The Morgan fingerprint density at radius 2 is 1.57 bits per heavy atom. The maximum atomic E-state index is 12.3.